The Morgan fingerprint density at radius 3 is 2.72 bits per heavy atom. The number of rotatable bonds is 5. The fourth-order valence-electron chi connectivity index (χ4n) is 1.36. The molecule has 0 radical (unpaired) electrons. The van der Waals surface area contributed by atoms with E-state index < -0.39 is 0 Å². The summed E-state index contributed by atoms with van der Waals surface area (Å²) in [5, 5.41) is 2.63. The molecule has 0 saturated carbocycles. The highest BCUT2D eigenvalue weighted by Crippen LogP contribution is 2.10. The summed E-state index contributed by atoms with van der Waals surface area (Å²) in [4.78, 5) is 11.5. The Bertz CT molecular complexity index is 493. The summed E-state index contributed by atoms with van der Waals surface area (Å²) in [7, 11) is 0. The normalized spacial score (nSPS) is 10.1. The summed E-state index contributed by atoms with van der Waals surface area (Å²) in [6.07, 6.45) is 1.43. The van der Waals surface area contributed by atoms with Crippen molar-refractivity contribution in [3.8, 4) is 5.75 Å². The van der Waals surface area contributed by atoms with Gasteiger partial charge in [0, 0.05) is 0 Å². The second kappa shape index (κ2) is 5.86. The van der Waals surface area contributed by atoms with Gasteiger partial charge < -0.3 is 14.5 Å². The van der Waals surface area contributed by atoms with Crippen LogP contribution in [0.1, 0.15) is 10.6 Å². The van der Waals surface area contributed by atoms with Gasteiger partial charge in [-0.15, -0.1) is 0 Å². The van der Waals surface area contributed by atoms with E-state index in [4.69, 9.17) is 9.15 Å². The van der Waals surface area contributed by atoms with Crippen molar-refractivity contribution in [3.05, 3.63) is 54.2 Å². The van der Waals surface area contributed by atoms with Gasteiger partial charge in [0.25, 0.3) is 5.91 Å². The van der Waals surface area contributed by atoms with Crippen molar-refractivity contribution in [2.24, 2.45) is 0 Å². The Hall–Kier alpha value is -2.30. The van der Waals surface area contributed by atoms with Crippen molar-refractivity contribution < 1.29 is 18.3 Å². The summed E-state index contributed by atoms with van der Waals surface area (Å²) in [6, 6.07) is 8.92. The minimum absolute atomic E-state index is 0.261. The molecule has 0 aliphatic heterocycles. The van der Waals surface area contributed by atoms with Crippen LogP contribution in [-0.2, 0) is 0 Å². The Labute approximate surface area is 103 Å². The second-order valence-corrected chi connectivity index (χ2v) is 3.54. The molecule has 0 aliphatic carbocycles. The molecular weight excluding hydrogens is 237 g/mol. The first kappa shape index (κ1) is 12.2. The maximum atomic E-state index is 12.6. The highest BCUT2D eigenvalue weighted by molar-refractivity contribution is 5.91. The average Bonchev–Trinajstić information content (AvgIpc) is 2.90. The standard InChI is InChI=1S/C13H12FNO3/c14-10-3-5-11(6-4-10)17-9-7-15-13(16)12-2-1-8-18-12/h1-6,8H,7,9H2,(H,15,16). The van der Waals surface area contributed by atoms with Crippen LogP contribution in [-0.4, -0.2) is 19.1 Å². The van der Waals surface area contributed by atoms with Crippen LogP contribution in [0, 0.1) is 5.82 Å². The quantitative estimate of drug-likeness (QED) is 0.827. The zero-order valence-corrected chi connectivity index (χ0v) is 9.56. The molecule has 94 valence electrons. The first-order valence-electron chi connectivity index (χ1n) is 5.46. The van der Waals surface area contributed by atoms with Crippen LogP contribution in [0.2, 0.25) is 0 Å². The van der Waals surface area contributed by atoms with E-state index in [2.05, 4.69) is 5.32 Å². The monoisotopic (exact) mass is 249 g/mol. The number of halogens is 1. The molecule has 0 unspecified atom stereocenters. The van der Waals surface area contributed by atoms with Gasteiger partial charge in [-0.3, -0.25) is 4.79 Å². The van der Waals surface area contributed by atoms with Gasteiger partial charge in [0.05, 0.1) is 12.8 Å². The predicted molar refractivity (Wildman–Crippen MR) is 62.9 cm³/mol. The van der Waals surface area contributed by atoms with Crippen LogP contribution < -0.4 is 10.1 Å². The van der Waals surface area contributed by atoms with E-state index in [-0.39, 0.29) is 17.5 Å². The molecule has 5 heteroatoms. The summed E-state index contributed by atoms with van der Waals surface area (Å²) in [5.74, 6) is 0.219. The Kier molecular flexibility index (Phi) is 3.96. The molecule has 1 aromatic carbocycles. The third kappa shape index (κ3) is 3.35. The van der Waals surface area contributed by atoms with E-state index in [0.717, 1.165) is 0 Å². The average molecular weight is 249 g/mol. The molecule has 0 spiro atoms. The molecule has 0 fully saturated rings. The van der Waals surface area contributed by atoms with Crippen LogP contribution in [0.5, 0.6) is 5.75 Å². The van der Waals surface area contributed by atoms with Crippen molar-refractivity contribution in [2.75, 3.05) is 13.2 Å². The van der Waals surface area contributed by atoms with Gasteiger partial charge in [-0.05, 0) is 36.4 Å². The van der Waals surface area contributed by atoms with Gasteiger partial charge in [-0.2, -0.15) is 0 Å². The highest BCUT2D eigenvalue weighted by atomic mass is 19.1. The molecule has 4 nitrogen and oxygen atoms in total. The lowest BCUT2D eigenvalue weighted by Crippen LogP contribution is -2.27. The molecule has 1 N–H and O–H groups in total. The highest BCUT2D eigenvalue weighted by Gasteiger charge is 2.06. The molecule has 0 bridgehead atoms. The lowest BCUT2D eigenvalue weighted by molar-refractivity contribution is 0.0919. The summed E-state index contributed by atoms with van der Waals surface area (Å²) >= 11 is 0. The van der Waals surface area contributed by atoms with Gasteiger partial charge in [-0.25, -0.2) is 4.39 Å². The number of hydrogen-bond donors (Lipinski definition) is 1. The van der Waals surface area contributed by atoms with E-state index >= 15 is 0 Å². The molecule has 1 amide bonds. The number of nitrogens with one attached hydrogen (secondary N) is 1. The lowest BCUT2D eigenvalue weighted by Gasteiger charge is -2.06. The number of amides is 1. The van der Waals surface area contributed by atoms with Gasteiger partial charge in [0.1, 0.15) is 18.2 Å². The molecule has 2 aromatic rings. The third-order valence-electron chi connectivity index (χ3n) is 2.21. The Morgan fingerprint density at radius 1 is 1.28 bits per heavy atom. The fourth-order valence-corrected chi connectivity index (χ4v) is 1.36. The Balaban J connectivity index is 1.70. The zero-order valence-electron chi connectivity index (χ0n) is 9.56. The van der Waals surface area contributed by atoms with Crippen molar-refractivity contribution >= 4 is 5.91 Å². The molecule has 0 aliphatic rings. The minimum Gasteiger partial charge on any atom is -0.492 e. The van der Waals surface area contributed by atoms with Crippen molar-refractivity contribution in [3.63, 3.8) is 0 Å². The smallest absolute Gasteiger partial charge is 0.287 e. The largest absolute Gasteiger partial charge is 0.492 e. The van der Waals surface area contributed by atoms with Crippen LogP contribution in [0.4, 0.5) is 4.39 Å². The number of hydrogen-bond acceptors (Lipinski definition) is 3. The molecule has 2 rings (SSSR count). The number of carbonyl (C=O) groups excluding carboxylic acids is 1. The second-order valence-electron chi connectivity index (χ2n) is 3.54. The molecule has 0 atom stereocenters. The van der Waals surface area contributed by atoms with Gasteiger partial charge in [0.15, 0.2) is 5.76 Å². The molecular formula is C13H12FNO3. The van der Waals surface area contributed by atoms with Gasteiger partial charge >= 0.3 is 0 Å². The Morgan fingerprint density at radius 2 is 2.06 bits per heavy atom. The topological polar surface area (TPSA) is 51.5 Å². The number of ether oxygens (including phenoxy) is 1. The van der Waals surface area contributed by atoms with Crippen LogP contribution in [0.3, 0.4) is 0 Å². The van der Waals surface area contributed by atoms with E-state index in [1.165, 1.54) is 30.5 Å². The van der Waals surface area contributed by atoms with E-state index in [1.807, 2.05) is 0 Å². The van der Waals surface area contributed by atoms with Crippen LogP contribution in [0.15, 0.2) is 47.1 Å². The molecule has 1 aromatic heterocycles. The van der Waals surface area contributed by atoms with E-state index in [9.17, 15) is 9.18 Å². The molecule has 1 heterocycles. The maximum absolute atomic E-state index is 12.6. The lowest BCUT2D eigenvalue weighted by atomic mass is 10.3. The summed E-state index contributed by atoms with van der Waals surface area (Å²) in [6.45, 7) is 0.648. The zero-order chi connectivity index (χ0) is 12.8. The van der Waals surface area contributed by atoms with E-state index in [0.29, 0.717) is 18.9 Å². The van der Waals surface area contributed by atoms with Crippen LogP contribution >= 0.6 is 0 Å². The van der Waals surface area contributed by atoms with Gasteiger partial charge in [0.2, 0.25) is 0 Å². The fraction of sp³-hybridized carbons (Fsp3) is 0.154. The third-order valence-corrected chi connectivity index (χ3v) is 2.21. The summed E-state index contributed by atoms with van der Waals surface area (Å²) < 4.78 is 22.9. The summed E-state index contributed by atoms with van der Waals surface area (Å²) in [5.41, 5.74) is 0. The number of benzene rings is 1. The van der Waals surface area contributed by atoms with E-state index in [1.54, 1.807) is 12.1 Å². The molecule has 18 heavy (non-hydrogen) atoms. The number of furan rings is 1. The van der Waals surface area contributed by atoms with Crippen molar-refractivity contribution in [2.45, 2.75) is 0 Å². The minimum atomic E-state index is -0.312. The first-order chi connectivity index (χ1) is 8.75. The van der Waals surface area contributed by atoms with Crippen molar-refractivity contribution in [1.82, 2.24) is 5.32 Å². The molecule has 0 saturated heterocycles. The van der Waals surface area contributed by atoms with Gasteiger partial charge in [-0.1, -0.05) is 0 Å². The first-order valence-corrected chi connectivity index (χ1v) is 5.46. The SMILES string of the molecule is O=C(NCCOc1ccc(F)cc1)c1ccco1. The van der Waals surface area contributed by atoms with Crippen LogP contribution in [0.25, 0.3) is 0 Å². The maximum Gasteiger partial charge on any atom is 0.287 e. The number of carbonyl (C=O) groups is 1. The predicted octanol–water partition coefficient (Wildman–Crippen LogP) is 2.23. The van der Waals surface area contributed by atoms with Crippen molar-refractivity contribution in [1.29, 1.82) is 0 Å².